The molecule has 0 saturated carbocycles. The number of ketones is 1. The number of rotatable bonds is 6. The zero-order valence-electron chi connectivity index (χ0n) is 7.25. The molecule has 0 rings (SSSR count). The van der Waals surface area contributed by atoms with Crippen LogP contribution < -0.4 is 0 Å². The van der Waals surface area contributed by atoms with Crippen molar-refractivity contribution in [3.05, 3.63) is 0 Å². The highest BCUT2D eigenvalue weighted by Gasteiger charge is 2.30. The molecule has 0 bridgehead atoms. The number of hydrogen-bond acceptors (Lipinski definition) is 6. The molecule has 6 nitrogen and oxygen atoms in total. The second-order valence-electron chi connectivity index (χ2n) is 2.51. The summed E-state index contributed by atoms with van der Waals surface area (Å²) in [6, 6.07) is 0. The summed E-state index contributed by atoms with van der Waals surface area (Å²) in [6.07, 6.45) is -4.29. The van der Waals surface area contributed by atoms with Crippen LogP contribution in [0.15, 0.2) is 0 Å². The van der Waals surface area contributed by atoms with Gasteiger partial charge in [0.1, 0.15) is 18.3 Å². The minimum atomic E-state index is -1.59. The Kier molecular flexibility index (Phi) is 5.76. The minimum absolute atomic E-state index is 0.650. The summed E-state index contributed by atoms with van der Waals surface area (Å²) in [5.41, 5.74) is 0. The molecule has 0 fully saturated rings. The first kappa shape index (κ1) is 12.5. The molecule has 78 valence electrons. The fourth-order valence-electron chi connectivity index (χ4n) is 0.838. The Morgan fingerprint density at radius 1 is 1.31 bits per heavy atom. The largest absolute Gasteiger partial charge is 0.394 e. The van der Waals surface area contributed by atoms with Crippen molar-refractivity contribution in [1.29, 1.82) is 0 Å². The minimum Gasteiger partial charge on any atom is -0.394 e. The fraction of sp³-hybridized carbons (Fsp3) is 0.857. The molecule has 0 unspecified atom stereocenters. The molecule has 0 aromatic rings. The van der Waals surface area contributed by atoms with Gasteiger partial charge in [0.05, 0.1) is 13.2 Å². The van der Waals surface area contributed by atoms with E-state index >= 15 is 0 Å². The molecule has 0 radical (unpaired) electrons. The topological polar surface area (TPSA) is 107 Å². The zero-order valence-corrected chi connectivity index (χ0v) is 7.25. The van der Waals surface area contributed by atoms with E-state index in [0.29, 0.717) is 0 Å². The first-order valence-electron chi connectivity index (χ1n) is 3.72. The average Bonchev–Trinajstić information content (AvgIpc) is 2.17. The van der Waals surface area contributed by atoms with Crippen LogP contribution in [-0.4, -0.2) is 64.8 Å². The Morgan fingerprint density at radius 3 is 2.15 bits per heavy atom. The SMILES string of the molecule is CO[C@@H](C(=O)[C@H](O)CO)[C@H](O)CO. The van der Waals surface area contributed by atoms with E-state index in [0.717, 1.165) is 7.11 Å². The van der Waals surface area contributed by atoms with Gasteiger partial charge < -0.3 is 25.2 Å². The predicted molar refractivity (Wildman–Crippen MR) is 42.0 cm³/mol. The van der Waals surface area contributed by atoms with Gasteiger partial charge in [-0.2, -0.15) is 0 Å². The van der Waals surface area contributed by atoms with Gasteiger partial charge in [-0.3, -0.25) is 4.79 Å². The van der Waals surface area contributed by atoms with Crippen molar-refractivity contribution < 1.29 is 30.0 Å². The van der Waals surface area contributed by atoms with Crippen LogP contribution in [0.25, 0.3) is 0 Å². The summed E-state index contributed by atoms with van der Waals surface area (Å²) in [5, 5.41) is 34.9. The second-order valence-corrected chi connectivity index (χ2v) is 2.51. The molecule has 0 spiro atoms. The number of carbonyl (C=O) groups is 1. The summed E-state index contributed by atoms with van der Waals surface area (Å²) in [4.78, 5) is 11.1. The van der Waals surface area contributed by atoms with E-state index < -0.39 is 37.3 Å². The third kappa shape index (κ3) is 3.37. The molecular formula is C7H14O6. The third-order valence-electron chi connectivity index (χ3n) is 1.57. The summed E-state index contributed by atoms with van der Waals surface area (Å²) in [5.74, 6) is -0.855. The van der Waals surface area contributed by atoms with Crippen LogP contribution in [0.2, 0.25) is 0 Å². The van der Waals surface area contributed by atoms with E-state index in [-0.39, 0.29) is 0 Å². The van der Waals surface area contributed by atoms with E-state index in [1.165, 1.54) is 0 Å². The highest BCUT2D eigenvalue weighted by Crippen LogP contribution is 2.02. The van der Waals surface area contributed by atoms with Gasteiger partial charge in [-0.1, -0.05) is 0 Å². The lowest BCUT2D eigenvalue weighted by molar-refractivity contribution is -0.147. The predicted octanol–water partition coefficient (Wildman–Crippen LogP) is -2.72. The molecular weight excluding hydrogens is 180 g/mol. The van der Waals surface area contributed by atoms with Gasteiger partial charge in [0, 0.05) is 7.11 Å². The fourth-order valence-corrected chi connectivity index (χ4v) is 0.838. The zero-order chi connectivity index (χ0) is 10.4. The Morgan fingerprint density at radius 2 is 1.85 bits per heavy atom. The molecule has 3 atom stereocenters. The smallest absolute Gasteiger partial charge is 0.194 e. The van der Waals surface area contributed by atoms with Crippen LogP contribution in [-0.2, 0) is 9.53 Å². The van der Waals surface area contributed by atoms with Crippen molar-refractivity contribution in [3.63, 3.8) is 0 Å². The summed E-state index contributed by atoms with van der Waals surface area (Å²) in [7, 11) is 1.16. The van der Waals surface area contributed by atoms with E-state index in [4.69, 9.17) is 20.4 Å². The highest BCUT2D eigenvalue weighted by molar-refractivity contribution is 5.87. The number of aliphatic hydroxyl groups is 4. The van der Waals surface area contributed by atoms with E-state index in [9.17, 15) is 4.79 Å². The van der Waals surface area contributed by atoms with Gasteiger partial charge >= 0.3 is 0 Å². The Bertz CT molecular complexity index is 159. The van der Waals surface area contributed by atoms with Gasteiger partial charge in [-0.15, -0.1) is 0 Å². The first-order chi connectivity index (χ1) is 6.08. The average molecular weight is 194 g/mol. The summed E-state index contributed by atoms with van der Waals surface area (Å²) in [6.45, 7) is -1.39. The monoisotopic (exact) mass is 194 g/mol. The lowest BCUT2D eigenvalue weighted by Crippen LogP contribution is -2.44. The van der Waals surface area contributed by atoms with Crippen LogP contribution in [0.5, 0.6) is 0 Å². The van der Waals surface area contributed by atoms with Crippen molar-refractivity contribution in [1.82, 2.24) is 0 Å². The Balaban J connectivity index is 4.31. The van der Waals surface area contributed by atoms with Crippen molar-refractivity contribution in [2.75, 3.05) is 20.3 Å². The number of methoxy groups -OCH3 is 1. The Labute approximate surface area is 75.4 Å². The van der Waals surface area contributed by atoms with Gasteiger partial charge in [0.15, 0.2) is 5.78 Å². The van der Waals surface area contributed by atoms with Crippen LogP contribution in [0.3, 0.4) is 0 Å². The molecule has 0 aliphatic rings. The van der Waals surface area contributed by atoms with E-state index in [2.05, 4.69) is 4.74 Å². The molecule has 0 saturated heterocycles. The number of ether oxygens (including phenoxy) is 1. The number of carbonyl (C=O) groups excluding carboxylic acids is 1. The quantitative estimate of drug-likeness (QED) is 0.366. The number of Topliss-reactive ketones (excluding diaryl/α,β-unsaturated/α-hetero) is 1. The van der Waals surface area contributed by atoms with Crippen molar-refractivity contribution in [3.8, 4) is 0 Å². The molecule has 0 heterocycles. The first-order valence-corrected chi connectivity index (χ1v) is 3.72. The van der Waals surface area contributed by atoms with E-state index in [1.807, 2.05) is 0 Å². The molecule has 13 heavy (non-hydrogen) atoms. The van der Waals surface area contributed by atoms with Crippen LogP contribution in [0, 0.1) is 0 Å². The van der Waals surface area contributed by atoms with Gasteiger partial charge in [-0.25, -0.2) is 0 Å². The van der Waals surface area contributed by atoms with Crippen molar-refractivity contribution in [2.24, 2.45) is 0 Å². The summed E-state index contributed by atoms with van der Waals surface area (Å²) >= 11 is 0. The summed E-state index contributed by atoms with van der Waals surface area (Å²) < 4.78 is 4.56. The maximum atomic E-state index is 11.1. The van der Waals surface area contributed by atoms with E-state index in [1.54, 1.807) is 0 Å². The Hall–Kier alpha value is -0.530. The van der Waals surface area contributed by atoms with Gasteiger partial charge in [0.2, 0.25) is 0 Å². The van der Waals surface area contributed by atoms with Crippen molar-refractivity contribution in [2.45, 2.75) is 18.3 Å². The second kappa shape index (κ2) is 6.01. The highest BCUT2D eigenvalue weighted by atomic mass is 16.5. The molecule has 0 aliphatic heterocycles. The van der Waals surface area contributed by atoms with Crippen molar-refractivity contribution >= 4 is 5.78 Å². The normalized spacial score (nSPS) is 17.9. The molecule has 0 aliphatic carbocycles. The molecule has 0 amide bonds. The number of aliphatic hydroxyl groups excluding tert-OH is 4. The van der Waals surface area contributed by atoms with Crippen LogP contribution in [0.1, 0.15) is 0 Å². The molecule has 0 aromatic carbocycles. The van der Waals surface area contributed by atoms with Crippen LogP contribution >= 0.6 is 0 Å². The lowest BCUT2D eigenvalue weighted by atomic mass is 10.1. The molecule has 0 aromatic heterocycles. The van der Waals surface area contributed by atoms with Gasteiger partial charge in [-0.05, 0) is 0 Å². The lowest BCUT2D eigenvalue weighted by Gasteiger charge is -2.20. The van der Waals surface area contributed by atoms with Gasteiger partial charge in [0.25, 0.3) is 0 Å². The van der Waals surface area contributed by atoms with Crippen LogP contribution in [0.4, 0.5) is 0 Å². The third-order valence-corrected chi connectivity index (χ3v) is 1.57. The maximum absolute atomic E-state index is 11.1. The molecule has 4 N–H and O–H groups in total. The maximum Gasteiger partial charge on any atom is 0.194 e. The molecule has 6 heteroatoms. The standard InChI is InChI=1S/C7H14O6/c1-13-7(5(11)3-9)6(12)4(10)2-8/h4-5,7-11H,2-3H2,1H3/t4-,5-,7-/m1/s1. The number of hydrogen-bond donors (Lipinski definition) is 4.